The van der Waals surface area contributed by atoms with Gasteiger partial charge >= 0.3 is 0 Å². The maximum absolute atomic E-state index is 12.0. The van der Waals surface area contributed by atoms with Gasteiger partial charge in [0.05, 0.1) is 11.3 Å². The van der Waals surface area contributed by atoms with Crippen LogP contribution in [-0.4, -0.2) is 11.8 Å². The van der Waals surface area contributed by atoms with Crippen LogP contribution in [0, 0.1) is 6.92 Å². The fraction of sp³-hybridized carbons (Fsp3) is 0.250. The maximum Gasteiger partial charge on any atom is 0.279 e. The topological polar surface area (TPSA) is 58.2 Å². The Kier molecular flexibility index (Phi) is 6.04. The molecule has 0 aliphatic heterocycles. The zero-order valence-electron chi connectivity index (χ0n) is 12.7. The highest BCUT2D eigenvalue weighted by Crippen LogP contribution is 2.22. The lowest BCUT2D eigenvalue weighted by atomic mass is 10.1. The predicted octanol–water partition coefficient (Wildman–Crippen LogP) is 3.93. The van der Waals surface area contributed by atoms with E-state index in [0.29, 0.717) is 20.5 Å². The summed E-state index contributed by atoms with van der Waals surface area (Å²) in [6.45, 7) is 4.01. The van der Waals surface area contributed by atoms with Crippen molar-refractivity contribution in [2.75, 3.05) is 0 Å². The molecule has 0 unspecified atom stereocenters. The van der Waals surface area contributed by atoms with E-state index in [4.69, 9.17) is 23.2 Å². The zero-order valence-corrected chi connectivity index (χ0v) is 15.0. The van der Waals surface area contributed by atoms with Crippen molar-refractivity contribution >= 4 is 46.4 Å². The van der Waals surface area contributed by atoms with Gasteiger partial charge in [0.25, 0.3) is 5.91 Å². The molecule has 2 N–H and O–H groups in total. The highest BCUT2D eigenvalue weighted by atomic mass is 35.5. The van der Waals surface area contributed by atoms with Gasteiger partial charge in [-0.25, -0.2) is 0 Å². The van der Waals surface area contributed by atoms with E-state index in [1.54, 1.807) is 18.2 Å². The van der Waals surface area contributed by atoms with Crippen LogP contribution in [0.2, 0.25) is 10.0 Å². The number of thiophene rings is 1. The highest BCUT2D eigenvalue weighted by molar-refractivity contribution is 7.14. The first kappa shape index (κ1) is 17.8. The zero-order chi connectivity index (χ0) is 17.0. The molecule has 23 heavy (non-hydrogen) atoms. The van der Waals surface area contributed by atoms with E-state index in [1.807, 2.05) is 19.9 Å². The first-order valence-electron chi connectivity index (χ1n) is 7.03. The third-order valence-corrected chi connectivity index (χ3v) is 5.21. The molecule has 2 amide bonds. The summed E-state index contributed by atoms with van der Waals surface area (Å²) in [6.07, 6.45) is 0.936. The van der Waals surface area contributed by atoms with Gasteiger partial charge in [0.1, 0.15) is 0 Å². The lowest BCUT2D eigenvalue weighted by molar-refractivity contribution is -0.121. The van der Waals surface area contributed by atoms with Gasteiger partial charge in [-0.2, -0.15) is 0 Å². The molecule has 0 aliphatic carbocycles. The van der Waals surface area contributed by atoms with Gasteiger partial charge in [-0.3, -0.25) is 20.4 Å². The van der Waals surface area contributed by atoms with Crippen LogP contribution in [-0.2, 0) is 17.6 Å². The summed E-state index contributed by atoms with van der Waals surface area (Å²) < 4.78 is 0. The van der Waals surface area contributed by atoms with Crippen LogP contribution >= 0.6 is 34.5 Å². The SMILES string of the molecule is CCc1sc(C(=O)NNC(=O)Cc2ccc(Cl)cc2Cl)cc1C. The Hall–Kier alpha value is -1.56. The number of amides is 2. The van der Waals surface area contributed by atoms with E-state index in [1.165, 1.54) is 11.3 Å². The smallest absolute Gasteiger partial charge is 0.273 e. The minimum absolute atomic E-state index is 0.0555. The summed E-state index contributed by atoms with van der Waals surface area (Å²) in [6, 6.07) is 6.74. The van der Waals surface area contributed by atoms with E-state index >= 15 is 0 Å². The summed E-state index contributed by atoms with van der Waals surface area (Å²) in [5.74, 6) is -0.681. The molecule has 7 heteroatoms. The molecule has 0 fully saturated rings. The molecule has 0 aliphatic rings. The Balaban J connectivity index is 1.91. The normalized spacial score (nSPS) is 10.4. The van der Waals surface area contributed by atoms with Crippen molar-refractivity contribution in [1.29, 1.82) is 0 Å². The van der Waals surface area contributed by atoms with Crippen LogP contribution in [0.25, 0.3) is 0 Å². The van der Waals surface area contributed by atoms with Crippen molar-refractivity contribution in [2.45, 2.75) is 26.7 Å². The molecule has 1 heterocycles. The largest absolute Gasteiger partial charge is 0.279 e. The molecule has 0 saturated heterocycles. The number of halogens is 2. The Morgan fingerprint density at radius 3 is 2.52 bits per heavy atom. The Morgan fingerprint density at radius 2 is 1.91 bits per heavy atom. The second-order valence-corrected chi connectivity index (χ2v) is 6.97. The second-order valence-electron chi connectivity index (χ2n) is 4.99. The predicted molar refractivity (Wildman–Crippen MR) is 94.2 cm³/mol. The van der Waals surface area contributed by atoms with Crippen molar-refractivity contribution in [3.8, 4) is 0 Å². The maximum atomic E-state index is 12.0. The molecule has 0 atom stereocenters. The Labute approximate surface area is 148 Å². The molecule has 2 rings (SSSR count). The monoisotopic (exact) mass is 370 g/mol. The van der Waals surface area contributed by atoms with Gasteiger partial charge in [0, 0.05) is 14.9 Å². The van der Waals surface area contributed by atoms with Crippen LogP contribution < -0.4 is 10.9 Å². The molecule has 122 valence electrons. The van der Waals surface area contributed by atoms with Crippen LogP contribution in [0.15, 0.2) is 24.3 Å². The van der Waals surface area contributed by atoms with E-state index in [2.05, 4.69) is 10.9 Å². The van der Waals surface area contributed by atoms with Gasteiger partial charge in [-0.1, -0.05) is 36.2 Å². The van der Waals surface area contributed by atoms with Crippen LogP contribution in [0.4, 0.5) is 0 Å². The number of hydrogen-bond donors (Lipinski definition) is 2. The summed E-state index contributed by atoms with van der Waals surface area (Å²) in [5.41, 5.74) is 6.54. The number of aryl methyl sites for hydroxylation is 2. The molecule has 2 aromatic rings. The number of benzene rings is 1. The minimum Gasteiger partial charge on any atom is -0.273 e. The second kappa shape index (κ2) is 7.81. The summed E-state index contributed by atoms with van der Waals surface area (Å²) in [7, 11) is 0. The highest BCUT2D eigenvalue weighted by Gasteiger charge is 2.13. The number of hydrogen-bond acceptors (Lipinski definition) is 3. The Bertz CT molecular complexity index is 744. The van der Waals surface area contributed by atoms with Crippen molar-refractivity contribution < 1.29 is 9.59 Å². The quantitative estimate of drug-likeness (QED) is 0.801. The van der Waals surface area contributed by atoms with Gasteiger partial charge in [0.15, 0.2) is 0 Å². The Morgan fingerprint density at radius 1 is 1.17 bits per heavy atom. The van der Waals surface area contributed by atoms with Gasteiger partial charge in [0.2, 0.25) is 5.91 Å². The molecule has 4 nitrogen and oxygen atoms in total. The average Bonchev–Trinajstić information content (AvgIpc) is 2.89. The summed E-state index contributed by atoms with van der Waals surface area (Å²) in [5, 5.41) is 0.924. The molecule has 0 bridgehead atoms. The van der Waals surface area contributed by atoms with Crippen molar-refractivity contribution in [1.82, 2.24) is 10.9 Å². The molecular weight excluding hydrogens is 355 g/mol. The molecule has 1 aromatic heterocycles. The number of nitrogens with one attached hydrogen (secondary N) is 2. The lowest BCUT2D eigenvalue weighted by Crippen LogP contribution is -2.42. The fourth-order valence-electron chi connectivity index (χ4n) is 2.05. The lowest BCUT2D eigenvalue weighted by Gasteiger charge is -2.07. The number of carbonyl (C=O) groups is 2. The van der Waals surface area contributed by atoms with Crippen molar-refractivity contribution in [3.63, 3.8) is 0 Å². The first-order chi connectivity index (χ1) is 10.9. The minimum atomic E-state index is -0.355. The molecule has 1 aromatic carbocycles. The third kappa shape index (κ3) is 4.70. The fourth-order valence-corrected chi connectivity index (χ4v) is 3.54. The molecule has 0 spiro atoms. The number of hydrazine groups is 1. The standard InChI is InChI=1S/C16H16Cl2N2O2S/c1-3-13-9(2)6-14(23-13)16(22)20-19-15(21)7-10-4-5-11(17)8-12(10)18/h4-6,8H,3,7H2,1-2H3,(H,19,21)(H,20,22). The third-order valence-electron chi connectivity index (χ3n) is 3.25. The van der Waals surface area contributed by atoms with E-state index < -0.39 is 0 Å². The van der Waals surface area contributed by atoms with Gasteiger partial charge in [-0.05, 0) is 42.7 Å². The van der Waals surface area contributed by atoms with Crippen molar-refractivity contribution in [2.24, 2.45) is 0 Å². The van der Waals surface area contributed by atoms with Crippen LogP contribution in [0.3, 0.4) is 0 Å². The number of rotatable bonds is 4. The number of carbonyl (C=O) groups excluding carboxylic acids is 2. The van der Waals surface area contributed by atoms with Crippen LogP contribution in [0.1, 0.15) is 32.6 Å². The van der Waals surface area contributed by atoms with Crippen molar-refractivity contribution in [3.05, 3.63) is 55.2 Å². The molecule has 0 saturated carbocycles. The van der Waals surface area contributed by atoms with E-state index in [-0.39, 0.29) is 18.2 Å². The molecule has 0 radical (unpaired) electrons. The molecular formula is C16H16Cl2N2O2S. The van der Waals surface area contributed by atoms with Gasteiger partial charge in [-0.15, -0.1) is 11.3 Å². The van der Waals surface area contributed by atoms with Gasteiger partial charge < -0.3 is 0 Å². The summed E-state index contributed by atoms with van der Waals surface area (Å²) in [4.78, 5) is 25.7. The van der Waals surface area contributed by atoms with Crippen LogP contribution in [0.5, 0.6) is 0 Å². The average molecular weight is 371 g/mol. The van der Waals surface area contributed by atoms with E-state index in [0.717, 1.165) is 16.9 Å². The van der Waals surface area contributed by atoms with E-state index in [9.17, 15) is 9.59 Å². The summed E-state index contributed by atoms with van der Waals surface area (Å²) >= 11 is 13.3. The first-order valence-corrected chi connectivity index (χ1v) is 8.60.